The van der Waals surface area contributed by atoms with E-state index in [1.165, 1.54) is 10.3 Å². The Morgan fingerprint density at radius 3 is 3.00 bits per heavy atom. The van der Waals surface area contributed by atoms with Crippen molar-refractivity contribution < 1.29 is 4.79 Å². The first-order valence-electron chi connectivity index (χ1n) is 5.45. The van der Waals surface area contributed by atoms with Gasteiger partial charge in [0.05, 0.1) is 10.2 Å². The second-order valence-electron chi connectivity index (χ2n) is 4.97. The molecule has 16 heavy (non-hydrogen) atoms. The summed E-state index contributed by atoms with van der Waals surface area (Å²) in [6.45, 7) is 4.06. The summed E-state index contributed by atoms with van der Waals surface area (Å²) in [5.74, 6) is 0.711. The van der Waals surface area contributed by atoms with Crippen molar-refractivity contribution in [3.05, 3.63) is 29.3 Å². The van der Waals surface area contributed by atoms with Gasteiger partial charge in [-0.25, -0.2) is 0 Å². The number of hydrogen-bond donors (Lipinski definition) is 0. The summed E-state index contributed by atoms with van der Waals surface area (Å²) in [4.78, 5) is 16.0. The van der Waals surface area contributed by atoms with Gasteiger partial charge in [-0.05, 0) is 23.1 Å². The van der Waals surface area contributed by atoms with Crippen LogP contribution in [0, 0.1) is 5.41 Å². The molecule has 1 aliphatic carbocycles. The van der Waals surface area contributed by atoms with E-state index >= 15 is 0 Å². The average molecular weight is 231 g/mol. The van der Waals surface area contributed by atoms with Crippen LogP contribution in [0.4, 0.5) is 0 Å². The highest BCUT2D eigenvalue weighted by Gasteiger charge is 2.47. The summed E-state index contributed by atoms with van der Waals surface area (Å²) >= 11 is 1.71. The zero-order valence-corrected chi connectivity index (χ0v) is 10.2. The topological polar surface area (TPSA) is 30.0 Å². The molecular weight excluding hydrogens is 218 g/mol. The summed E-state index contributed by atoms with van der Waals surface area (Å²) in [6.07, 6.45) is 2.60. The van der Waals surface area contributed by atoms with Crippen molar-refractivity contribution in [1.29, 1.82) is 0 Å². The Kier molecular flexibility index (Phi) is 1.96. The van der Waals surface area contributed by atoms with Gasteiger partial charge in [-0.2, -0.15) is 0 Å². The normalized spacial score (nSPS) is 23.4. The highest BCUT2D eigenvalue weighted by Crippen LogP contribution is 2.49. The molecule has 1 aliphatic rings. The minimum atomic E-state index is -0.202. The van der Waals surface area contributed by atoms with Gasteiger partial charge in [0.2, 0.25) is 0 Å². The van der Waals surface area contributed by atoms with E-state index in [-0.39, 0.29) is 5.41 Å². The fourth-order valence-corrected chi connectivity index (χ4v) is 3.14. The number of hydrogen-bond acceptors (Lipinski definition) is 3. The third-order valence-corrected chi connectivity index (χ3v) is 4.56. The lowest BCUT2D eigenvalue weighted by atomic mass is 9.59. The van der Waals surface area contributed by atoms with Crippen LogP contribution in [0.2, 0.25) is 0 Å². The van der Waals surface area contributed by atoms with Crippen LogP contribution in [0.5, 0.6) is 0 Å². The SMILES string of the molecule is CC1(C)C(=O)CC1c1cnc2ccsc2c1. The van der Waals surface area contributed by atoms with Gasteiger partial charge in [0.1, 0.15) is 5.78 Å². The Morgan fingerprint density at radius 2 is 2.31 bits per heavy atom. The number of Topliss-reactive ketones (excluding diaryl/α,β-unsaturated/α-hetero) is 1. The zero-order valence-electron chi connectivity index (χ0n) is 9.36. The second kappa shape index (κ2) is 3.14. The highest BCUT2D eigenvalue weighted by molar-refractivity contribution is 7.17. The lowest BCUT2D eigenvalue weighted by molar-refractivity contribution is -0.137. The van der Waals surface area contributed by atoms with Crippen LogP contribution in [0.15, 0.2) is 23.7 Å². The lowest BCUT2D eigenvalue weighted by Crippen LogP contribution is -2.43. The molecule has 0 N–H and O–H groups in total. The summed E-state index contributed by atoms with van der Waals surface area (Å²) in [6, 6.07) is 4.21. The zero-order chi connectivity index (χ0) is 11.3. The molecule has 2 aromatic heterocycles. The van der Waals surface area contributed by atoms with E-state index in [0.29, 0.717) is 18.1 Å². The largest absolute Gasteiger partial charge is 0.299 e. The smallest absolute Gasteiger partial charge is 0.139 e. The molecule has 0 aromatic carbocycles. The number of ketones is 1. The number of aromatic nitrogens is 1. The fraction of sp³-hybridized carbons (Fsp3) is 0.385. The molecule has 3 heteroatoms. The van der Waals surface area contributed by atoms with E-state index in [1.807, 2.05) is 26.1 Å². The minimum Gasteiger partial charge on any atom is -0.299 e. The predicted molar refractivity (Wildman–Crippen MR) is 65.8 cm³/mol. The van der Waals surface area contributed by atoms with Gasteiger partial charge in [-0.15, -0.1) is 11.3 Å². The van der Waals surface area contributed by atoms with Crippen molar-refractivity contribution in [1.82, 2.24) is 4.98 Å². The second-order valence-corrected chi connectivity index (χ2v) is 5.92. The Labute approximate surface area is 98.3 Å². The molecule has 2 heterocycles. The van der Waals surface area contributed by atoms with E-state index in [9.17, 15) is 4.79 Å². The number of rotatable bonds is 1. The maximum Gasteiger partial charge on any atom is 0.139 e. The van der Waals surface area contributed by atoms with Crippen LogP contribution in [0.1, 0.15) is 31.7 Å². The Hall–Kier alpha value is -1.22. The molecule has 0 aliphatic heterocycles. The van der Waals surface area contributed by atoms with Crippen molar-refractivity contribution in [2.75, 3.05) is 0 Å². The van der Waals surface area contributed by atoms with Gasteiger partial charge in [0, 0.05) is 24.0 Å². The Morgan fingerprint density at radius 1 is 1.50 bits per heavy atom. The first kappa shape index (κ1) is 9.97. The number of carbonyl (C=O) groups excluding carboxylic acids is 1. The van der Waals surface area contributed by atoms with Gasteiger partial charge in [0.25, 0.3) is 0 Å². The van der Waals surface area contributed by atoms with Gasteiger partial charge >= 0.3 is 0 Å². The van der Waals surface area contributed by atoms with Gasteiger partial charge in [0.15, 0.2) is 0 Å². The molecule has 0 radical (unpaired) electrons. The highest BCUT2D eigenvalue weighted by atomic mass is 32.1. The third-order valence-electron chi connectivity index (χ3n) is 3.71. The molecule has 1 atom stereocenters. The molecule has 1 unspecified atom stereocenters. The number of thiophene rings is 1. The molecule has 3 rings (SSSR count). The quantitative estimate of drug-likeness (QED) is 0.753. The predicted octanol–water partition coefficient (Wildman–Crippen LogP) is 3.38. The molecule has 1 saturated carbocycles. The minimum absolute atomic E-state index is 0.202. The van der Waals surface area contributed by atoms with Gasteiger partial charge < -0.3 is 0 Å². The summed E-state index contributed by atoms with van der Waals surface area (Å²) in [5, 5.41) is 2.05. The van der Waals surface area contributed by atoms with E-state index in [2.05, 4.69) is 16.4 Å². The number of fused-ring (bicyclic) bond motifs is 1. The first-order valence-corrected chi connectivity index (χ1v) is 6.33. The Bertz CT molecular complexity index is 570. The van der Waals surface area contributed by atoms with E-state index in [0.717, 1.165) is 5.52 Å². The maximum absolute atomic E-state index is 11.5. The Balaban J connectivity index is 2.04. The molecule has 2 aromatic rings. The van der Waals surface area contributed by atoms with Gasteiger partial charge in [-0.3, -0.25) is 9.78 Å². The summed E-state index contributed by atoms with van der Waals surface area (Å²) in [7, 11) is 0. The standard InChI is InChI=1S/C13H13NOS/c1-13(2)9(6-12(13)15)8-5-11-10(14-7-8)3-4-16-11/h3-5,7,9H,6H2,1-2H3. The summed E-state index contributed by atoms with van der Waals surface area (Å²) < 4.78 is 1.22. The monoisotopic (exact) mass is 231 g/mol. The molecule has 1 fully saturated rings. The van der Waals surface area contributed by atoms with Gasteiger partial charge in [-0.1, -0.05) is 13.8 Å². The van der Waals surface area contributed by atoms with Crippen molar-refractivity contribution in [2.45, 2.75) is 26.2 Å². The van der Waals surface area contributed by atoms with Crippen LogP contribution in [0.25, 0.3) is 10.2 Å². The van der Waals surface area contributed by atoms with E-state index in [4.69, 9.17) is 0 Å². The van der Waals surface area contributed by atoms with Crippen LogP contribution in [0.3, 0.4) is 0 Å². The third kappa shape index (κ3) is 1.24. The molecule has 2 nitrogen and oxygen atoms in total. The number of nitrogens with zero attached hydrogens (tertiary/aromatic N) is 1. The van der Waals surface area contributed by atoms with E-state index in [1.54, 1.807) is 11.3 Å². The molecule has 0 amide bonds. The fourth-order valence-electron chi connectivity index (χ4n) is 2.35. The molecule has 0 saturated heterocycles. The summed E-state index contributed by atoms with van der Waals surface area (Å²) in [5.41, 5.74) is 2.06. The molecule has 0 bridgehead atoms. The average Bonchev–Trinajstić information content (AvgIpc) is 2.72. The number of carbonyl (C=O) groups is 1. The molecule has 0 spiro atoms. The van der Waals surface area contributed by atoms with Crippen LogP contribution >= 0.6 is 11.3 Å². The van der Waals surface area contributed by atoms with Crippen molar-refractivity contribution in [3.8, 4) is 0 Å². The molecular formula is C13H13NOS. The van der Waals surface area contributed by atoms with Crippen molar-refractivity contribution in [3.63, 3.8) is 0 Å². The van der Waals surface area contributed by atoms with E-state index < -0.39 is 0 Å². The van der Waals surface area contributed by atoms with Crippen LogP contribution < -0.4 is 0 Å². The maximum atomic E-state index is 11.5. The van der Waals surface area contributed by atoms with Crippen molar-refractivity contribution >= 4 is 27.3 Å². The number of pyridine rings is 1. The van der Waals surface area contributed by atoms with Crippen LogP contribution in [-0.2, 0) is 4.79 Å². The molecule has 82 valence electrons. The van der Waals surface area contributed by atoms with Crippen LogP contribution in [-0.4, -0.2) is 10.8 Å². The van der Waals surface area contributed by atoms with Crippen molar-refractivity contribution in [2.24, 2.45) is 5.41 Å². The first-order chi connectivity index (χ1) is 7.59. The lowest BCUT2D eigenvalue weighted by Gasteiger charge is -2.42.